The van der Waals surface area contributed by atoms with Crippen molar-refractivity contribution in [3.05, 3.63) is 52.2 Å². The van der Waals surface area contributed by atoms with Crippen LogP contribution in [0.15, 0.2) is 41.8 Å². The fraction of sp³-hybridized carbons (Fsp3) is 0.421. The summed E-state index contributed by atoms with van der Waals surface area (Å²) in [6, 6.07) is 11.9. The van der Waals surface area contributed by atoms with Gasteiger partial charge in [0.1, 0.15) is 0 Å². The van der Waals surface area contributed by atoms with Crippen LogP contribution >= 0.6 is 11.3 Å². The number of methoxy groups -OCH3 is 1. The maximum absolute atomic E-state index is 12.5. The van der Waals surface area contributed by atoms with Crippen molar-refractivity contribution in [2.45, 2.75) is 26.0 Å². The zero-order chi connectivity index (χ0) is 16.8. The van der Waals surface area contributed by atoms with Crippen molar-refractivity contribution >= 4 is 22.9 Å². The molecule has 0 spiro atoms. The summed E-state index contributed by atoms with van der Waals surface area (Å²) in [4.78, 5) is 16.2. The number of nitrogens with zero attached hydrogens (tertiary/aromatic N) is 1. The Morgan fingerprint density at radius 2 is 2.21 bits per heavy atom. The fourth-order valence-electron chi connectivity index (χ4n) is 3.15. The van der Waals surface area contributed by atoms with Gasteiger partial charge in [0, 0.05) is 30.8 Å². The quantitative estimate of drug-likeness (QED) is 0.868. The Hall–Kier alpha value is -1.69. The summed E-state index contributed by atoms with van der Waals surface area (Å²) in [7, 11) is 1.72. The number of nitrogens with one attached hydrogen (secondary N) is 1. The third-order valence-electron chi connectivity index (χ3n) is 4.32. The van der Waals surface area contributed by atoms with Crippen LogP contribution in [-0.4, -0.2) is 31.0 Å². The van der Waals surface area contributed by atoms with Gasteiger partial charge in [0.2, 0.25) is 5.91 Å². The lowest BCUT2D eigenvalue weighted by atomic mass is 9.97. The Labute approximate surface area is 147 Å². The van der Waals surface area contributed by atoms with Gasteiger partial charge in [0.05, 0.1) is 12.5 Å². The number of piperidine rings is 1. The summed E-state index contributed by atoms with van der Waals surface area (Å²) in [5.41, 5.74) is 2.11. The van der Waals surface area contributed by atoms with Crippen LogP contribution in [-0.2, 0) is 22.7 Å². The van der Waals surface area contributed by atoms with Crippen LogP contribution in [0.4, 0.5) is 5.69 Å². The number of benzene rings is 1. The summed E-state index contributed by atoms with van der Waals surface area (Å²) < 4.78 is 5.18. The van der Waals surface area contributed by atoms with E-state index >= 15 is 0 Å². The first kappa shape index (κ1) is 17.1. The van der Waals surface area contributed by atoms with Gasteiger partial charge in [-0.2, -0.15) is 0 Å². The topological polar surface area (TPSA) is 41.6 Å². The van der Waals surface area contributed by atoms with Gasteiger partial charge in [0.25, 0.3) is 0 Å². The minimum atomic E-state index is 0.0670. The van der Waals surface area contributed by atoms with Crippen molar-refractivity contribution in [1.29, 1.82) is 0 Å². The minimum absolute atomic E-state index is 0.0670. The fourth-order valence-corrected chi connectivity index (χ4v) is 4.07. The lowest BCUT2D eigenvalue weighted by Gasteiger charge is -2.31. The number of ether oxygens (including phenoxy) is 1. The van der Waals surface area contributed by atoms with Crippen LogP contribution in [0.25, 0.3) is 0 Å². The van der Waals surface area contributed by atoms with E-state index in [9.17, 15) is 4.79 Å². The largest absolute Gasteiger partial charge is 0.380 e. The average Bonchev–Trinajstić information content (AvgIpc) is 3.03. The maximum Gasteiger partial charge on any atom is 0.228 e. The van der Waals surface area contributed by atoms with Crippen LogP contribution in [0.5, 0.6) is 0 Å². The smallest absolute Gasteiger partial charge is 0.228 e. The van der Waals surface area contributed by atoms with Crippen LogP contribution < -0.4 is 5.32 Å². The molecule has 2 aromatic rings. The molecule has 1 fully saturated rings. The first-order valence-electron chi connectivity index (χ1n) is 8.38. The van der Waals surface area contributed by atoms with Crippen LogP contribution in [0, 0.1) is 5.92 Å². The standard InChI is InChI=1S/C19H24N2O2S/c1-23-13-15-10-18(24-14-15)12-21-9-5-6-16(11-21)19(22)20-17-7-3-2-4-8-17/h2-4,7-8,10,14,16H,5-6,9,11-13H2,1H3,(H,20,22). The molecule has 1 aromatic carbocycles. The molecule has 1 aliphatic heterocycles. The number of hydrogen-bond acceptors (Lipinski definition) is 4. The molecule has 24 heavy (non-hydrogen) atoms. The molecule has 5 heteroatoms. The lowest BCUT2D eigenvalue weighted by molar-refractivity contribution is -0.121. The Bertz CT molecular complexity index is 656. The van der Waals surface area contributed by atoms with Crippen molar-refractivity contribution in [2.75, 3.05) is 25.5 Å². The predicted molar refractivity (Wildman–Crippen MR) is 98.1 cm³/mol. The molecular formula is C19H24N2O2S. The third-order valence-corrected chi connectivity index (χ3v) is 5.29. The number of rotatable bonds is 6. The zero-order valence-electron chi connectivity index (χ0n) is 14.0. The van der Waals surface area contributed by atoms with E-state index in [2.05, 4.69) is 21.7 Å². The highest BCUT2D eigenvalue weighted by atomic mass is 32.1. The molecule has 1 amide bonds. The molecule has 1 unspecified atom stereocenters. The normalized spacial score (nSPS) is 18.5. The van der Waals surface area contributed by atoms with E-state index in [1.165, 1.54) is 10.4 Å². The summed E-state index contributed by atoms with van der Waals surface area (Å²) in [6.45, 7) is 3.48. The Morgan fingerprint density at radius 1 is 1.38 bits per heavy atom. The number of anilines is 1. The van der Waals surface area contributed by atoms with Crippen LogP contribution in [0.3, 0.4) is 0 Å². The molecule has 1 N–H and O–H groups in total. The molecule has 1 aromatic heterocycles. The van der Waals surface area contributed by atoms with Gasteiger partial charge in [-0.3, -0.25) is 9.69 Å². The number of thiophene rings is 1. The number of carbonyl (C=O) groups excluding carboxylic acids is 1. The third kappa shape index (κ3) is 4.66. The summed E-state index contributed by atoms with van der Waals surface area (Å²) in [6.07, 6.45) is 2.04. The van der Waals surface area contributed by atoms with E-state index in [1.54, 1.807) is 18.4 Å². The van der Waals surface area contributed by atoms with Gasteiger partial charge in [0.15, 0.2) is 0 Å². The zero-order valence-corrected chi connectivity index (χ0v) is 14.8. The Morgan fingerprint density at radius 3 is 3.00 bits per heavy atom. The molecule has 0 radical (unpaired) electrons. The van der Waals surface area contributed by atoms with Crippen molar-refractivity contribution in [3.8, 4) is 0 Å². The second-order valence-corrected chi connectivity index (χ2v) is 7.28. The highest BCUT2D eigenvalue weighted by Gasteiger charge is 2.26. The van der Waals surface area contributed by atoms with Crippen molar-refractivity contribution in [1.82, 2.24) is 4.90 Å². The van der Waals surface area contributed by atoms with E-state index in [0.717, 1.165) is 38.2 Å². The summed E-state index contributed by atoms with van der Waals surface area (Å²) in [5, 5.41) is 5.19. The molecule has 1 saturated heterocycles. The van der Waals surface area contributed by atoms with E-state index in [1.807, 2.05) is 30.3 Å². The number of amides is 1. The molecule has 0 aliphatic carbocycles. The van der Waals surface area contributed by atoms with Gasteiger partial charge in [-0.05, 0) is 48.5 Å². The van der Waals surface area contributed by atoms with E-state index in [0.29, 0.717) is 6.61 Å². The maximum atomic E-state index is 12.5. The summed E-state index contributed by atoms with van der Waals surface area (Å²) >= 11 is 1.77. The van der Waals surface area contributed by atoms with Crippen molar-refractivity contribution in [2.24, 2.45) is 5.92 Å². The predicted octanol–water partition coefficient (Wildman–Crippen LogP) is 3.75. The SMILES string of the molecule is COCc1csc(CN2CCCC(C(=O)Nc3ccccc3)C2)c1. The van der Waals surface area contributed by atoms with E-state index in [4.69, 9.17) is 4.74 Å². The highest BCUT2D eigenvalue weighted by molar-refractivity contribution is 7.10. The van der Waals surface area contributed by atoms with Gasteiger partial charge >= 0.3 is 0 Å². The van der Waals surface area contributed by atoms with Gasteiger partial charge in [-0.15, -0.1) is 11.3 Å². The number of para-hydroxylation sites is 1. The Kier molecular flexibility index (Phi) is 6.01. The molecule has 3 rings (SSSR count). The number of hydrogen-bond donors (Lipinski definition) is 1. The summed E-state index contributed by atoms with van der Waals surface area (Å²) in [5.74, 6) is 0.203. The van der Waals surface area contributed by atoms with E-state index < -0.39 is 0 Å². The van der Waals surface area contributed by atoms with Gasteiger partial charge in [-0.25, -0.2) is 0 Å². The van der Waals surface area contributed by atoms with Gasteiger partial charge in [-0.1, -0.05) is 18.2 Å². The first-order chi connectivity index (χ1) is 11.7. The Balaban J connectivity index is 1.54. The molecular weight excluding hydrogens is 320 g/mol. The molecule has 4 nitrogen and oxygen atoms in total. The van der Waals surface area contributed by atoms with Crippen LogP contribution in [0.2, 0.25) is 0 Å². The van der Waals surface area contributed by atoms with Crippen molar-refractivity contribution in [3.63, 3.8) is 0 Å². The molecule has 0 bridgehead atoms. The number of carbonyl (C=O) groups is 1. The highest BCUT2D eigenvalue weighted by Crippen LogP contribution is 2.23. The first-order valence-corrected chi connectivity index (χ1v) is 9.26. The molecule has 2 heterocycles. The second-order valence-electron chi connectivity index (χ2n) is 6.28. The molecule has 128 valence electrons. The molecule has 1 atom stereocenters. The van der Waals surface area contributed by atoms with Crippen molar-refractivity contribution < 1.29 is 9.53 Å². The monoisotopic (exact) mass is 344 g/mol. The minimum Gasteiger partial charge on any atom is -0.380 e. The number of likely N-dealkylation sites (tertiary alicyclic amines) is 1. The molecule has 0 saturated carbocycles. The average molecular weight is 344 g/mol. The van der Waals surface area contributed by atoms with Crippen LogP contribution in [0.1, 0.15) is 23.3 Å². The second kappa shape index (κ2) is 8.42. The van der Waals surface area contributed by atoms with E-state index in [-0.39, 0.29) is 11.8 Å². The van der Waals surface area contributed by atoms with Gasteiger partial charge < -0.3 is 10.1 Å². The molecule has 1 aliphatic rings. The lowest BCUT2D eigenvalue weighted by Crippen LogP contribution is -2.40.